The molecule has 2 heterocycles. The summed E-state index contributed by atoms with van der Waals surface area (Å²) < 4.78 is 5.86. The Kier molecular flexibility index (Phi) is 7.64. The van der Waals surface area contributed by atoms with Crippen molar-refractivity contribution < 1.29 is 29.4 Å². The number of hydrogen-bond donors (Lipinski definition) is 3. The smallest absolute Gasteiger partial charge is 0.408 e. The van der Waals surface area contributed by atoms with E-state index in [-0.39, 0.29) is 12.3 Å². The summed E-state index contributed by atoms with van der Waals surface area (Å²) in [6.07, 6.45) is -1.09. The van der Waals surface area contributed by atoms with Crippen LogP contribution in [-0.4, -0.2) is 56.2 Å². The largest absolute Gasteiger partial charge is 0.489 e. The Bertz CT molecular complexity index is 1080. The molecule has 0 bridgehead atoms. The van der Waals surface area contributed by atoms with E-state index in [0.717, 1.165) is 21.9 Å². The van der Waals surface area contributed by atoms with Gasteiger partial charge in [0.05, 0.1) is 5.92 Å². The Morgan fingerprint density at radius 1 is 1.20 bits per heavy atom. The molecule has 0 spiro atoms. The number of carbonyl (C=O) groups is 3. The molecule has 3 amide bonds. The van der Waals surface area contributed by atoms with Gasteiger partial charge in [-0.25, -0.2) is 10.3 Å². The van der Waals surface area contributed by atoms with Gasteiger partial charge in [0.25, 0.3) is 5.91 Å². The van der Waals surface area contributed by atoms with Crippen LogP contribution in [-0.2, 0) is 16.2 Å². The molecule has 1 aliphatic rings. The first-order chi connectivity index (χ1) is 16.4. The van der Waals surface area contributed by atoms with Crippen molar-refractivity contribution in [3.63, 3.8) is 0 Å². The summed E-state index contributed by atoms with van der Waals surface area (Å²) >= 11 is 0. The molecule has 35 heavy (non-hydrogen) atoms. The fraction of sp³-hybridized carbons (Fsp3) is 0.440. The Hall–Kier alpha value is -3.66. The Labute approximate surface area is 204 Å². The van der Waals surface area contributed by atoms with Crippen molar-refractivity contribution in [2.24, 2.45) is 5.92 Å². The van der Waals surface area contributed by atoms with Crippen molar-refractivity contribution in [1.29, 1.82) is 0 Å². The van der Waals surface area contributed by atoms with E-state index in [9.17, 15) is 24.7 Å². The number of aryl methyl sites for hydroxylation is 2. The molecule has 2 atom stereocenters. The second kappa shape index (κ2) is 10.3. The van der Waals surface area contributed by atoms with Gasteiger partial charge in [0.2, 0.25) is 5.91 Å². The monoisotopic (exact) mass is 484 g/mol. The quantitative estimate of drug-likeness (QED) is 0.406. The minimum atomic E-state index is -1.37. The molecule has 1 saturated heterocycles. The molecule has 0 radical (unpaired) electrons. The van der Waals surface area contributed by atoms with Gasteiger partial charge in [0, 0.05) is 29.2 Å². The average Bonchev–Trinajstić information content (AvgIpc) is 3.14. The van der Waals surface area contributed by atoms with Crippen molar-refractivity contribution in [1.82, 2.24) is 15.4 Å². The minimum absolute atomic E-state index is 0.260. The van der Waals surface area contributed by atoms with Gasteiger partial charge in [-0.15, -0.1) is 0 Å². The number of nitrogens with zero attached hydrogens (tertiary/aromatic N) is 3. The molecule has 3 N–H and O–H groups in total. The van der Waals surface area contributed by atoms with Crippen molar-refractivity contribution in [3.05, 3.63) is 53.3 Å². The minimum Gasteiger partial charge on any atom is -0.489 e. The predicted molar refractivity (Wildman–Crippen MR) is 128 cm³/mol. The van der Waals surface area contributed by atoms with E-state index >= 15 is 0 Å². The molecular formula is C25H32N4O6. The summed E-state index contributed by atoms with van der Waals surface area (Å²) in [5.41, 5.74) is 4.02. The van der Waals surface area contributed by atoms with Crippen LogP contribution in [0.3, 0.4) is 0 Å². The maximum atomic E-state index is 13.3. The first-order valence-corrected chi connectivity index (χ1v) is 11.4. The van der Waals surface area contributed by atoms with Gasteiger partial charge in [-0.05, 0) is 83.0 Å². The summed E-state index contributed by atoms with van der Waals surface area (Å²) in [5.74, 6) is -1.63. The standard InChI is InChI=1S/C25H32N4O6/c1-15-12-17(13-16(2)26-15)14-35-19-8-6-18(7-9-19)28-11-10-20(23(28)31)21(22(30)27-34)29(24(32)33)25(3,4)5/h6-9,12-13,20-21,34H,10-11,14H2,1-5H3,(H,27,30)(H,32,33)/t20-,21+/m1/s1. The fourth-order valence-corrected chi connectivity index (χ4v) is 4.51. The zero-order valence-corrected chi connectivity index (χ0v) is 20.6. The van der Waals surface area contributed by atoms with Gasteiger partial charge < -0.3 is 14.7 Å². The van der Waals surface area contributed by atoms with E-state index in [1.54, 1.807) is 45.0 Å². The molecule has 0 unspecified atom stereocenters. The van der Waals surface area contributed by atoms with E-state index < -0.39 is 29.5 Å². The summed E-state index contributed by atoms with van der Waals surface area (Å²) in [7, 11) is 0. The summed E-state index contributed by atoms with van der Waals surface area (Å²) in [5, 5.41) is 19.0. The van der Waals surface area contributed by atoms with Crippen LogP contribution in [0.2, 0.25) is 0 Å². The fourth-order valence-electron chi connectivity index (χ4n) is 4.51. The van der Waals surface area contributed by atoms with E-state index in [1.807, 2.05) is 26.0 Å². The molecular weight excluding hydrogens is 452 g/mol. The topological polar surface area (TPSA) is 132 Å². The van der Waals surface area contributed by atoms with Crippen molar-refractivity contribution in [2.75, 3.05) is 11.4 Å². The van der Waals surface area contributed by atoms with Crippen LogP contribution in [0.1, 0.15) is 44.1 Å². The van der Waals surface area contributed by atoms with Crippen LogP contribution in [0.4, 0.5) is 10.5 Å². The first kappa shape index (κ1) is 26.0. The van der Waals surface area contributed by atoms with Crippen LogP contribution in [0.25, 0.3) is 0 Å². The second-order valence-electron chi connectivity index (χ2n) is 9.67. The van der Waals surface area contributed by atoms with Crippen molar-refractivity contribution >= 4 is 23.6 Å². The maximum absolute atomic E-state index is 13.3. The van der Waals surface area contributed by atoms with E-state index in [1.165, 1.54) is 10.4 Å². The highest BCUT2D eigenvalue weighted by Crippen LogP contribution is 2.33. The number of nitrogens with one attached hydrogen (secondary N) is 1. The highest BCUT2D eigenvalue weighted by atomic mass is 16.5. The third kappa shape index (κ3) is 5.89. The lowest BCUT2D eigenvalue weighted by Crippen LogP contribution is -2.60. The molecule has 0 saturated carbocycles. The number of pyridine rings is 1. The number of carbonyl (C=O) groups excluding carboxylic acids is 2. The number of amides is 3. The highest BCUT2D eigenvalue weighted by Gasteiger charge is 2.48. The van der Waals surface area contributed by atoms with E-state index in [0.29, 0.717) is 24.6 Å². The number of benzene rings is 1. The SMILES string of the molecule is Cc1cc(COc2ccc(N3CC[C@H]([C@@H](C(=O)NO)N(C(=O)O)C(C)(C)C)C3=O)cc2)cc(C)n1. The Balaban J connectivity index is 1.75. The van der Waals surface area contributed by atoms with Crippen LogP contribution >= 0.6 is 0 Å². The number of carboxylic acid groups (broad SMARTS) is 1. The Morgan fingerprint density at radius 3 is 2.31 bits per heavy atom. The van der Waals surface area contributed by atoms with Crippen LogP contribution in [0.15, 0.2) is 36.4 Å². The van der Waals surface area contributed by atoms with E-state index in [4.69, 9.17) is 4.74 Å². The lowest BCUT2D eigenvalue weighted by molar-refractivity contribution is -0.141. The lowest BCUT2D eigenvalue weighted by atomic mass is 9.92. The predicted octanol–water partition coefficient (Wildman–Crippen LogP) is 3.28. The average molecular weight is 485 g/mol. The number of aromatic nitrogens is 1. The second-order valence-corrected chi connectivity index (χ2v) is 9.67. The van der Waals surface area contributed by atoms with Crippen LogP contribution in [0, 0.1) is 19.8 Å². The van der Waals surface area contributed by atoms with Gasteiger partial charge in [-0.2, -0.15) is 0 Å². The van der Waals surface area contributed by atoms with Gasteiger partial charge >= 0.3 is 6.09 Å². The van der Waals surface area contributed by atoms with Crippen LogP contribution in [0.5, 0.6) is 5.75 Å². The molecule has 2 aromatic rings. The zero-order valence-electron chi connectivity index (χ0n) is 20.6. The molecule has 1 aromatic heterocycles. The normalized spacial score (nSPS) is 16.7. The number of hydroxylamine groups is 1. The molecule has 1 aromatic carbocycles. The third-order valence-electron chi connectivity index (χ3n) is 5.91. The highest BCUT2D eigenvalue weighted by molar-refractivity contribution is 6.01. The van der Waals surface area contributed by atoms with Gasteiger partial charge in [-0.1, -0.05) is 0 Å². The molecule has 3 rings (SSSR count). The van der Waals surface area contributed by atoms with Crippen molar-refractivity contribution in [3.8, 4) is 5.75 Å². The summed E-state index contributed by atoms with van der Waals surface area (Å²) in [6.45, 7) is 9.43. The first-order valence-electron chi connectivity index (χ1n) is 11.4. The molecule has 188 valence electrons. The maximum Gasteiger partial charge on any atom is 0.408 e. The third-order valence-corrected chi connectivity index (χ3v) is 5.91. The number of hydrogen-bond acceptors (Lipinski definition) is 6. The number of anilines is 1. The van der Waals surface area contributed by atoms with Gasteiger partial charge in [-0.3, -0.25) is 24.7 Å². The number of ether oxygens (including phenoxy) is 1. The Morgan fingerprint density at radius 2 is 1.80 bits per heavy atom. The van der Waals surface area contributed by atoms with Gasteiger partial charge in [0.15, 0.2) is 0 Å². The van der Waals surface area contributed by atoms with Crippen molar-refractivity contribution in [2.45, 2.75) is 59.2 Å². The molecule has 1 aliphatic heterocycles. The lowest BCUT2D eigenvalue weighted by Gasteiger charge is -2.40. The van der Waals surface area contributed by atoms with E-state index in [2.05, 4.69) is 4.98 Å². The molecule has 0 aliphatic carbocycles. The summed E-state index contributed by atoms with van der Waals surface area (Å²) in [4.78, 5) is 44.6. The summed E-state index contributed by atoms with van der Waals surface area (Å²) in [6, 6.07) is 9.56. The van der Waals surface area contributed by atoms with Crippen LogP contribution < -0.4 is 15.1 Å². The van der Waals surface area contributed by atoms with Gasteiger partial charge in [0.1, 0.15) is 18.4 Å². The molecule has 10 heteroatoms. The zero-order chi connectivity index (χ0) is 25.9. The molecule has 10 nitrogen and oxygen atoms in total. The molecule has 1 fully saturated rings. The number of rotatable bonds is 7.